The van der Waals surface area contributed by atoms with Gasteiger partial charge in [0.05, 0.1) is 0 Å². The summed E-state index contributed by atoms with van der Waals surface area (Å²) in [6.45, 7) is 0. The van der Waals surface area contributed by atoms with Crippen molar-refractivity contribution >= 4 is 54.8 Å². The van der Waals surface area contributed by atoms with E-state index in [9.17, 15) is 263 Å². The van der Waals surface area contributed by atoms with E-state index >= 15 is 0 Å². The maximum Gasteiger partial charge on any atom is 3.00 e. The van der Waals surface area contributed by atoms with Crippen LogP contribution in [0.15, 0.2) is 0 Å². The SMILES string of the molecule is O=S(=O)([O-])C(F)(F)C(F)(F)C(F)(F)C(F)(F)C(F)(F)C(F)(F)C(F)(F)C(F)(F)F.O=S(=O)([O-])C(F)(F)C(F)(F)C(F)(F)C(F)(F)C(F)(F)C(F)(F)C(F)(F)C(F)(F)F.O=S(=O)([O-])C(F)(F)C(F)(F)C(F)(F)C(F)(F)C(F)(F)C(F)(F)C(F)(F)C(F)(F)F.[Sb+3]. The van der Waals surface area contributed by atoms with Gasteiger partial charge in [0.25, 0.3) is 0 Å². The third-order valence-electron chi connectivity index (χ3n) is 9.02. The van der Waals surface area contributed by atoms with E-state index in [1.54, 1.807) is 0 Å². The first-order valence-corrected chi connectivity index (χ1v) is 21.2. The van der Waals surface area contributed by atoms with Crippen LogP contribution in [0.2, 0.25) is 0 Å². The van der Waals surface area contributed by atoms with Gasteiger partial charge in [0, 0.05) is 0 Å². The first-order chi connectivity index (χ1) is 36.0. The van der Waals surface area contributed by atoms with Crippen molar-refractivity contribution in [2.24, 2.45) is 0 Å². The first-order valence-electron chi connectivity index (χ1n) is 17.0. The fraction of sp³-hybridized carbons (Fsp3) is 1.00. The summed E-state index contributed by atoms with van der Waals surface area (Å²) in [5.41, 5.74) is 0. The molecule has 0 saturated heterocycles. The smallest absolute Gasteiger partial charge is 0.743 e. The van der Waals surface area contributed by atoms with E-state index in [0.29, 0.717) is 0 Å². The molecule has 0 bridgehead atoms. The van der Waals surface area contributed by atoms with Crippen LogP contribution < -0.4 is 0 Å². The van der Waals surface area contributed by atoms with Crippen molar-refractivity contribution in [2.45, 2.75) is 141 Å². The second-order valence-electron chi connectivity index (χ2n) is 14.7. The van der Waals surface area contributed by atoms with Gasteiger partial charge in [-0.15, -0.1) is 0 Å². The van der Waals surface area contributed by atoms with Gasteiger partial charge in [0.2, 0.25) is 0 Å². The zero-order chi connectivity index (χ0) is 73.5. The molecule has 0 aromatic rings. The minimum Gasteiger partial charge on any atom is -0.743 e. The molecule has 530 valence electrons. The Kier molecular flexibility index (Phi) is 23.8. The zero-order valence-electron chi connectivity index (χ0n) is 36.6. The zero-order valence-corrected chi connectivity index (χ0v) is 41.6. The summed E-state index contributed by atoms with van der Waals surface area (Å²) in [5.74, 6) is -156. The largest absolute Gasteiger partial charge is 3.00 e. The maximum absolute atomic E-state index is 13.0. The molecule has 0 N–H and O–H groups in total. The van der Waals surface area contributed by atoms with Crippen molar-refractivity contribution in [1.82, 2.24) is 0 Å². The Morgan fingerprint density at radius 2 is 0.216 bits per heavy atom. The van der Waals surface area contributed by atoms with Crippen LogP contribution in [0.1, 0.15) is 0 Å². The number of hydrogen-bond donors (Lipinski definition) is 0. The van der Waals surface area contributed by atoms with E-state index in [1.807, 2.05) is 0 Å². The fourth-order valence-electron chi connectivity index (χ4n) is 3.92. The number of halogens is 51. The quantitative estimate of drug-likeness (QED) is 0.0616. The molecule has 0 aliphatic heterocycles. The van der Waals surface area contributed by atoms with Gasteiger partial charge in [0.1, 0.15) is 0 Å². The van der Waals surface area contributed by atoms with Crippen LogP contribution in [0.3, 0.4) is 0 Å². The predicted octanol–water partition coefficient (Wildman–Crippen LogP) is 13.1. The molecular formula is C24F51O9S3Sb. The average Bonchev–Trinajstić information content (AvgIpc) is 3.23. The van der Waals surface area contributed by atoms with Crippen molar-refractivity contribution in [1.29, 1.82) is 0 Å². The molecule has 0 spiro atoms. The van der Waals surface area contributed by atoms with Crippen molar-refractivity contribution in [3.8, 4) is 0 Å². The summed E-state index contributed by atoms with van der Waals surface area (Å²) in [5, 5.41) is -23.9. The molecule has 9 nitrogen and oxygen atoms in total. The van der Waals surface area contributed by atoms with E-state index in [-0.39, 0.29) is 24.4 Å². The molecular weight excluding hydrogens is 1620 g/mol. The number of alkyl halides is 51. The fourth-order valence-corrected chi connectivity index (χ4v) is 5.25. The topological polar surface area (TPSA) is 172 Å². The Hall–Kier alpha value is -3.02. The maximum atomic E-state index is 13.0. The van der Waals surface area contributed by atoms with Crippen molar-refractivity contribution in [2.75, 3.05) is 0 Å². The normalized spacial score (nSPS) is 16.7. The number of rotatable bonds is 21. The minimum atomic E-state index is -8.92. The molecule has 0 aliphatic rings. The summed E-state index contributed by atoms with van der Waals surface area (Å²) < 4.78 is 732. The van der Waals surface area contributed by atoms with Gasteiger partial charge in [-0.05, 0) is 0 Å². The van der Waals surface area contributed by atoms with Crippen molar-refractivity contribution in [3.63, 3.8) is 0 Å². The Labute approximate surface area is 458 Å². The molecule has 0 saturated carbocycles. The summed E-state index contributed by atoms with van der Waals surface area (Å²) in [7, 11) is -24.4. The van der Waals surface area contributed by atoms with E-state index < -0.39 is 171 Å². The molecule has 0 atom stereocenters. The van der Waals surface area contributed by atoms with Gasteiger partial charge in [0.15, 0.2) is 30.4 Å². The standard InChI is InChI=1S/3C8HF17O3S.Sb/c3*9-1(10,3(13,14)5(17,18)7(21,22)23)2(11,12)4(15,16)6(19,20)8(24,25)29(26,27)28;/h3*(H,26,27,28);/q;;;+3/p-3. The molecule has 0 unspecified atom stereocenters. The molecule has 0 aromatic heterocycles. The monoisotopic (exact) mass is 1620 g/mol. The molecule has 2 radical (unpaired) electrons. The van der Waals surface area contributed by atoms with E-state index in [4.69, 9.17) is 0 Å². The molecule has 0 amide bonds. The molecule has 0 aromatic carbocycles. The second kappa shape index (κ2) is 22.9. The third-order valence-corrected chi connectivity index (χ3v) is 11.7. The van der Waals surface area contributed by atoms with Gasteiger partial charge < -0.3 is 13.7 Å². The summed E-state index contributed by atoms with van der Waals surface area (Å²) in [6.07, 6.45) is -23.7. The Morgan fingerprint density at radius 1 is 0.148 bits per heavy atom. The predicted molar refractivity (Wildman–Crippen MR) is 157 cm³/mol. The van der Waals surface area contributed by atoms with Gasteiger partial charge in [-0.2, -0.15) is 224 Å². The van der Waals surface area contributed by atoms with Gasteiger partial charge >= 0.3 is 165 Å². The van der Waals surface area contributed by atoms with Crippen LogP contribution in [0.4, 0.5) is 224 Å². The molecule has 0 fully saturated rings. The van der Waals surface area contributed by atoms with Crippen LogP contribution in [-0.2, 0) is 30.4 Å². The molecule has 0 heterocycles. The Morgan fingerprint density at radius 3 is 0.284 bits per heavy atom. The first kappa shape index (κ1) is 91.4. The van der Waals surface area contributed by atoms with Gasteiger partial charge in [-0.25, -0.2) is 25.3 Å². The van der Waals surface area contributed by atoms with Crippen molar-refractivity contribution < 1.29 is 263 Å². The Bertz CT molecular complexity index is 2500. The van der Waals surface area contributed by atoms with E-state index in [0.717, 1.165) is 0 Å². The minimum absolute atomic E-state index is 0. The Balaban J connectivity index is -0.000000598. The van der Waals surface area contributed by atoms with Crippen LogP contribution >= 0.6 is 0 Å². The number of hydrogen-bond acceptors (Lipinski definition) is 9. The van der Waals surface area contributed by atoms with Gasteiger partial charge in [-0.1, -0.05) is 0 Å². The van der Waals surface area contributed by atoms with E-state index in [1.165, 1.54) is 0 Å². The summed E-state index contributed by atoms with van der Waals surface area (Å²) in [6, 6.07) is 0. The van der Waals surface area contributed by atoms with Crippen molar-refractivity contribution in [3.05, 3.63) is 0 Å². The third kappa shape index (κ3) is 12.3. The van der Waals surface area contributed by atoms with E-state index in [2.05, 4.69) is 0 Å². The molecule has 64 heteroatoms. The second-order valence-corrected chi connectivity index (χ2v) is 19.0. The molecule has 0 aliphatic carbocycles. The summed E-state index contributed by atoms with van der Waals surface area (Å²) >= 11 is 0. The van der Waals surface area contributed by atoms with Crippen LogP contribution in [0.25, 0.3) is 0 Å². The van der Waals surface area contributed by atoms with Crippen LogP contribution in [0, 0.1) is 0 Å². The van der Waals surface area contributed by atoms with Gasteiger partial charge in [-0.3, -0.25) is 0 Å². The molecule has 0 rings (SSSR count). The molecule has 88 heavy (non-hydrogen) atoms. The summed E-state index contributed by atoms with van der Waals surface area (Å²) in [4.78, 5) is 0. The average molecular weight is 1620 g/mol. The van der Waals surface area contributed by atoms with Crippen LogP contribution in [0.5, 0.6) is 0 Å². The van der Waals surface area contributed by atoms with Crippen LogP contribution in [-0.4, -0.2) is 204 Å².